The maximum absolute atomic E-state index is 9.09. The molecule has 0 aliphatic heterocycles. The third-order valence-corrected chi connectivity index (χ3v) is 2.52. The van der Waals surface area contributed by atoms with Crippen molar-refractivity contribution in [1.82, 2.24) is 0 Å². The van der Waals surface area contributed by atoms with Crippen molar-refractivity contribution in [2.75, 3.05) is 17.7 Å². The molecule has 0 atom stereocenters. The van der Waals surface area contributed by atoms with E-state index < -0.39 is 0 Å². The van der Waals surface area contributed by atoms with E-state index >= 15 is 0 Å². The minimum absolute atomic E-state index is 0.308. The highest BCUT2D eigenvalue weighted by atomic mass is 35.5. The maximum Gasteiger partial charge on any atom is 0.115 e. The zero-order valence-electron chi connectivity index (χ0n) is 8.88. The first-order chi connectivity index (χ1) is 7.33. The largest absolute Gasteiger partial charge is 0.508 e. The van der Waals surface area contributed by atoms with E-state index in [1.54, 1.807) is 12.1 Å². The predicted octanol–water partition coefficient (Wildman–Crippen LogP) is 3.60. The van der Waals surface area contributed by atoms with E-state index in [2.05, 4.69) is 5.32 Å². The number of alkyl halides is 1. The molecule has 2 N–H and O–H groups in total. The fourth-order valence-electron chi connectivity index (χ4n) is 1.39. The number of aromatic hydroxyl groups is 1. The number of unbranched alkanes of at least 4 members (excludes halogenated alkanes) is 3. The van der Waals surface area contributed by atoms with Gasteiger partial charge in [0.25, 0.3) is 0 Å². The summed E-state index contributed by atoms with van der Waals surface area (Å²) in [5.74, 6) is 1.08. The topological polar surface area (TPSA) is 32.3 Å². The van der Waals surface area contributed by atoms with Crippen molar-refractivity contribution < 1.29 is 5.11 Å². The smallest absolute Gasteiger partial charge is 0.115 e. The van der Waals surface area contributed by atoms with Gasteiger partial charge in [-0.25, -0.2) is 0 Å². The highest BCUT2D eigenvalue weighted by Crippen LogP contribution is 2.13. The Morgan fingerprint density at radius 1 is 1.00 bits per heavy atom. The highest BCUT2D eigenvalue weighted by Gasteiger charge is 1.92. The van der Waals surface area contributed by atoms with Gasteiger partial charge in [-0.1, -0.05) is 12.8 Å². The molecule has 1 rings (SSSR count). The van der Waals surface area contributed by atoms with Crippen molar-refractivity contribution in [1.29, 1.82) is 0 Å². The first-order valence-corrected chi connectivity index (χ1v) is 5.95. The quantitative estimate of drug-likeness (QED) is 0.424. The molecule has 3 heteroatoms. The summed E-state index contributed by atoms with van der Waals surface area (Å²) >= 11 is 5.59. The van der Waals surface area contributed by atoms with Crippen LogP contribution in [-0.2, 0) is 0 Å². The minimum Gasteiger partial charge on any atom is -0.508 e. The van der Waals surface area contributed by atoms with Crippen LogP contribution in [0.2, 0.25) is 0 Å². The molecule has 1 aromatic rings. The van der Waals surface area contributed by atoms with Gasteiger partial charge in [-0.05, 0) is 37.1 Å². The number of halogens is 1. The third-order valence-electron chi connectivity index (χ3n) is 2.26. The van der Waals surface area contributed by atoms with E-state index in [-0.39, 0.29) is 0 Å². The van der Waals surface area contributed by atoms with Crippen molar-refractivity contribution >= 4 is 17.3 Å². The number of phenols is 1. The van der Waals surface area contributed by atoms with Crippen LogP contribution in [0.3, 0.4) is 0 Å². The molecular formula is C12H18ClNO. The average Bonchev–Trinajstić information content (AvgIpc) is 2.26. The normalized spacial score (nSPS) is 10.2. The third kappa shape index (κ3) is 5.53. The molecular weight excluding hydrogens is 210 g/mol. The summed E-state index contributed by atoms with van der Waals surface area (Å²) in [6.45, 7) is 0.979. The van der Waals surface area contributed by atoms with Crippen LogP contribution in [0.5, 0.6) is 5.75 Å². The fraction of sp³-hybridized carbons (Fsp3) is 0.500. The summed E-state index contributed by atoms with van der Waals surface area (Å²) in [7, 11) is 0. The van der Waals surface area contributed by atoms with Crippen molar-refractivity contribution in [2.45, 2.75) is 25.7 Å². The molecule has 0 heterocycles. The number of hydrogen-bond acceptors (Lipinski definition) is 2. The van der Waals surface area contributed by atoms with Gasteiger partial charge in [0.2, 0.25) is 0 Å². The Bertz CT molecular complexity index is 261. The van der Waals surface area contributed by atoms with Gasteiger partial charge in [-0.3, -0.25) is 0 Å². The zero-order valence-corrected chi connectivity index (χ0v) is 9.63. The van der Waals surface area contributed by atoms with E-state index in [4.69, 9.17) is 16.7 Å². The second kappa shape index (κ2) is 7.41. The van der Waals surface area contributed by atoms with Crippen LogP contribution < -0.4 is 5.32 Å². The molecule has 0 unspecified atom stereocenters. The molecule has 1 aromatic carbocycles. The molecule has 0 aliphatic carbocycles. The molecule has 0 spiro atoms. The van der Waals surface area contributed by atoms with Crippen LogP contribution in [0.15, 0.2) is 24.3 Å². The summed E-state index contributed by atoms with van der Waals surface area (Å²) in [5, 5.41) is 12.4. The van der Waals surface area contributed by atoms with Crippen LogP contribution in [0, 0.1) is 0 Å². The lowest BCUT2D eigenvalue weighted by Gasteiger charge is -2.05. The molecule has 0 saturated carbocycles. The van der Waals surface area contributed by atoms with Gasteiger partial charge in [0, 0.05) is 18.1 Å². The van der Waals surface area contributed by atoms with Crippen molar-refractivity contribution in [2.24, 2.45) is 0 Å². The maximum atomic E-state index is 9.09. The Morgan fingerprint density at radius 2 is 1.67 bits per heavy atom. The van der Waals surface area contributed by atoms with Crippen LogP contribution in [0.1, 0.15) is 25.7 Å². The standard InChI is InChI=1S/C12H18ClNO/c13-9-3-1-2-4-10-14-11-5-7-12(15)8-6-11/h5-8,14-15H,1-4,9-10H2. The van der Waals surface area contributed by atoms with E-state index in [9.17, 15) is 0 Å². The van der Waals surface area contributed by atoms with Gasteiger partial charge in [0.1, 0.15) is 5.75 Å². The Hall–Kier alpha value is -0.890. The van der Waals surface area contributed by atoms with Gasteiger partial charge in [-0.2, -0.15) is 0 Å². The van der Waals surface area contributed by atoms with Crippen LogP contribution in [0.25, 0.3) is 0 Å². The molecule has 0 fully saturated rings. The molecule has 0 amide bonds. The predicted molar refractivity (Wildman–Crippen MR) is 65.8 cm³/mol. The van der Waals surface area contributed by atoms with Crippen LogP contribution >= 0.6 is 11.6 Å². The Balaban J connectivity index is 2.07. The monoisotopic (exact) mass is 227 g/mol. The Kier molecular flexibility index (Phi) is 6.02. The average molecular weight is 228 g/mol. The highest BCUT2D eigenvalue weighted by molar-refractivity contribution is 6.17. The molecule has 0 aliphatic rings. The second-order valence-electron chi connectivity index (χ2n) is 3.58. The number of phenolic OH excluding ortho intramolecular Hbond substituents is 1. The lowest BCUT2D eigenvalue weighted by Crippen LogP contribution is -2.00. The number of nitrogens with one attached hydrogen (secondary N) is 1. The number of rotatable bonds is 7. The molecule has 15 heavy (non-hydrogen) atoms. The Labute approximate surface area is 96.3 Å². The van der Waals surface area contributed by atoms with E-state index in [1.165, 1.54) is 12.8 Å². The molecule has 0 aromatic heterocycles. The summed E-state index contributed by atoms with van der Waals surface area (Å²) < 4.78 is 0. The lowest BCUT2D eigenvalue weighted by molar-refractivity contribution is 0.475. The molecule has 0 radical (unpaired) electrons. The van der Waals surface area contributed by atoms with Crippen molar-refractivity contribution in [3.05, 3.63) is 24.3 Å². The van der Waals surface area contributed by atoms with E-state index in [1.807, 2.05) is 12.1 Å². The first-order valence-electron chi connectivity index (χ1n) is 5.42. The summed E-state index contributed by atoms with van der Waals surface area (Å²) in [6.07, 6.45) is 4.71. The SMILES string of the molecule is Oc1ccc(NCCCCCCCl)cc1. The molecule has 0 bridgehead atoms. The zero-order chi connectivity index (χ0) is 10.9. The van der Waals surface area contributed by atoms with Gasteiger partial charge >= 0.3 is 0 Å². The van der Waals surface area contributed by atoms with E-state index in [0.717, 1.165) is 31.0 Å². The van der Waals surface area contributed by atoms with Gasteiger partial charge in [0.05, 0.1) is 0 Å². The molecule has 84 valence electrons. The second-order valence-corrected chi connectivity index (χ2v) is 3.95. The van der Waals surface area contributed by atoms with E-state index in [0.29, 0.717) is 5.75 Å². The first kappa shape index (κ1) is 12.2. The van der Waals surface area contributed by atoms with Crippen LogP contribution in [-0.4, -0.2) is 17.5 Å². The van der Waals surface area contributed by atoms with Crippen molar-refractivity contribution in [3.63, 3.8) is 0 Å². The molecule has 0 saturated heterocycles. The van der Waals surface area contributed by atoms with Crippen LogP contribution in [0.4, 0.5) is 5.69 Å². The number of anilines is 1. The summed E-state index contributed by atoms with van der Waals surface area (Å²) in [6, 6.07) is 7.15. The molecule has 2 nitrogen and oxygen atoms in total. The van der Waals surface area contributed by atoms with Gasteiger partial charge in [0.15, 0.2) is 0 Å². The lowest BCUT2D eigenvalue weighted by atomic mass is 10.2. The summed E-state index contributed by atoms with van der Waals surface area (Å²) in [5.41, 5.74) is 1.06. The minimum atomic E-state index is 0.308. The van der Waals surface area contributed by atoms with Gasteiger partial charge in [-0.15, -0.1) is 11.6 Å². The number of hydrogen-bond donors (Lipinski definition) is 2. The number of benzene rings is 1. The fourth-order valence-corrected chi connectivity index (χ4v) is 1.57. The summed E-state index contributed by atoms with van der Waals surface area (Å²) in [4.78, 5) is 0. The Morgan fingerprint density at radius 3 is 2.33 bits per heavy atom. The van der Waals surface area contributed by atoms with Crippen molar-refractivity contribution in [3.8, 4) is 5.75 Å². The van der Waals surface area contributed by atoms with Gasteiger partial charge < -0.3 is 10.4 Å².